The lowest BCUT2D eigenvalue weighted by atomic mass is 9.96. The number of thiocarbonyl (C=S) groups is 1. The van der Waals surface area contributed by atoms with Gasteiger partial charge in [0.15, 0.2) is 5.11 Å². The smallest absolute Gasteiger partial charge is 0.174 e. The summed E-state index contributed by atoms with van der Waals surface area (Å²) in [6, 6.07) is 24.4. The second-order valence-corrected chi connectivity index (χ2v) is 8.07. The van der Waals surface area contributed by atoms with Gasteiger partial charge in [0.25, 0.3) is 0 Å². The van der Waals surface area contributed by atoms with Crippen molar-refractivity contribution in [3.05, 3.63) is 108 Å². The van der Waals surface area contributed by atoms with Gasteiger partial charge in [0.05, 0.1) is 17.8 Å². The molecule has 0 amide bonds. The van der Waals surface area contributed by atoms with Crippen LogP contribution < -0.4 is 10.2 Å². The molecule has 6 heteroatoms. The van der Waals surface area contributed by atoms with Crippen molar-refractivity contribution in [2.24, 2.45) is 0 Å². The van der Waals surface area contributed by atoms with Crippen LogP contribution in [0.4, 0.5) is 5.69 Å². The van der Waals surface area contributed by atoms with E-state index in [4.69, 9.17) is 12.2 Å². The largest absolute Gasteiger partial charge is 0.351 e. The van der Waals surface area contributed by atoms with Crippen LogP contribution in [0.3, 0.4) is 0 Å². The number of aryl methyl sites for hydroxylation is 1. The third-order valence-electron chi connectivity index (χ3n) is 5.80. The summed E-state index contributed by atoms with van der Waals surface area (Å²) < 4.78 is 2.20. The summed E-state index contributed by atoms with van der Waals surface area (Å²) in [7, 11) is 0. The summed E-state index contributed by atoms with van der Waals surface area (Å²) in [6.07, 6.45) is 3.66. The Morgan fingerprint density at radius 1 is 0.871 bits per heavy atom. The van der Waals surface area contributed by atoms with Crippen LogP contribution in [0.25, 0.3) is 5.82 Å². The van der Waals surface area contributed by atoms with Crippen LogP contribution in [0.5, 0.6) is 0 Å². The molecule has 154 valence electrons. The second-order valence-electron chi connectivity index (χ2n) is 7.68. The predicted molar refractivity (Wildman–Crippen MR) is 127 cm³/mol. The molecule has 0 aliphatic carbocycles. The van der Waals surface area contributed by atoms with E-state index in [1.54, 1.807) is 0 Å². The third-order valence-corrected chi connectivity index (χ3v) is 6.11. The third kappa shape index (κ3) is 3.39. The predicted octanol–water partition coefficient (Wildman–Crippen LogP) is 5.06. The zero-order chi connectivity index (χ0) is 21.4. The molecule has 1 N–H and O–H groups in total. The quantitative estimate of drug-likeness (QED) is 0.463. The van der Waals surface area contributed by atoms with Crippen LogP contribution in [0, 0.1) is 13.8 Å². The first-order valence-electron chi connectivity index (χ1n) is 10.3. The highest BCUT2D eigenvalue weighted by Gasteiger charge is 2.42. The van der Waals surface area contributed by atoms with Crippen molar-refractivity contribution in [2.45, 2.75) is 25.9 Å². The van der Waals surface area contributed by atoms with Crippen LogP contribution >= 0.6 is 12.2 Å². The molecule has 5 rings (SSSR count). The molecule has 0 bridgehead atoms. The average molecular weight is 426 g/mol. The maximum atomic E-state index is 5.82. The Morgan fingerprint density at radius 3 is 2.26 bits per heavy atom. The lowest BCUT2D eigenvalue weighted by molar-refractivity contribution is 0.565. The molecule has 2 atom stereocenters. The molecule has 1 saturated heterocycles. The van der Waals surface area contributed by atoms with E-state index in [0.29, 0.717) is 5.11 Å². The minimum absolute atomic E-state index is 0.0338. The van der Waals surface area contributed by atoms with Crippen LogP contribution in [0.2, 0.25) is 0 Å². The fourth-order valence-electron chi connectivity index (χ4n) is 4.46. The van der Waals surface area contributed by atoms with Gasteiger partial charge in [-0.15, -0.1) is 0 Å². The Hall–Kier alpha value is -3.51. The van der Waals surface area contributed by atoms with Gasteiger partial charge in [0.1, 0.15) is 5.82 Å². The first kappa shape index (κ1) is 19.5. The van der Waals surface area contributed by atoms with Crippen molar-refractivity contribution in [3.63, 3.8) is 0 Å². The van der Waals surface area contributed by atoms with Gasteiger partial charge in [0, 0.05) is 29.5 Å². The number of para-hydroxylation sites is 1. The SMILES string of the molecule is Cc1cc([C@@H]2[C@@H](c3ccccn3)NC(=S)N2c2ccccc2)c(C)n1-c1ccccn1. The number of hydrogen-bond donors (Lipinski definition) is 1. The van der Waals surface area contributed by atoms with E-state index < -0.39 is 0 Å². The Labute approximate surface area is 187 Å². The number of aromatic nitrogens is 3. The fourth-order valence-corrected chi connectivity index (χ4v) is 4.81. The number of hydrogen-bond acceptors (Lipinski definition) is 3. The van der Waals surface area contributed by atoms with Gasteiger partial charge >= 0.3 is 0 Å². The summed E-state index contributed by atoms with van der Waals surface area (Å²) in [5, 5.41) is 4.24. The topological polar surface area (TPSA) is 46.0 Å². The monoisotopic (exact) mass is 425 g/mol. The fraction of sp³-hybridized carbons (Fsp3) is 0.160. The van der Waals surface area contributed by atoms with Crippen molar-refractivity contribution >= 4 is 23.0 Å². The Balaban J connectivity index is 1.68. The maximum absolute atomic E-state index is 5.82. The standard InChI is InChI=1S/C25H23N5S/c1-17-16-20(18(2)29(17)22-13-7-9-15-27-22)24-23(21-12-6-8-14-26-21)28-25(31)30(24)19-10-4-3-5-11-19/h3-16,23-24H,1-2H3,(H,28,31)/t23-,24-/m1/s1. The zero-order valence-corrected chi connectivity index (χ0v) is 18.3. The van der Waals surface area contributed by atoms with E-state index >= 15 is 0 Å². The van der Waals surface area contributed by atoms with Crippen LogP contribution in [0.1, 0.15) is 34.7 Å². The molecule has 3 aromatic heterocycles. The summed E-state index contributed by atoms with van der Waals surface area (Å²) in [4.78, 5) is 11.4. The molecule has 1 fully saturated rings. The van der Waals surface area contributed by atoms with Crippen LogP contribution in [0.15, 0.2) is 85.2 Å². The number of anilines is 1. The first-order chi connectivity index (χ1) is 15.1. The van der Waals surface area contributed by atoms with E-state index in [9.17, 15) is 0 Å². The molecule has 4 heterocycles. The summed E-state index contributed by atoms with van der Waals surface area (Å²) in [6.45, 7) is 4.27. The highest BCUT2D eigenvalue weighted by Crippen LogP contribution is 2.43. The van der Waals surface area contributed by atoms with E-state index in [-0.39, 0.29) is 12.1 Å². The van der Waals surface area contributed by atoms with E-state index in [1.807, 2.05) is 60.9 Å². The number of pyridine rings is 2. The molecule has 31 heavy (non-hydrogen) atoms. The zero-order valence-electron chi connectivity index (χ0n) is 17.4. The Bertz CT molecular complexity index is 1200. The number of rotatable bonds is 4. The Morgan fingerprint density at radius 2 is 1.58 bits per heavy atom. The van der Waals surface area contributed by atoms with Gasteiger partial charge in [-0.05, 0) is 74.1 Å². The van der Waals surface area contributed by atoms with E-state index in [1.165, 1.54) is 5.56 Å². The Kier molecular flexibility index (Phi) is 5.00. The molecule has 0 saturated carbocycles. The maximum Gasteiger partial charge on any atom is 0.174 e. The van der Waals surface area contributed by atoms with E-state index in [2.05, 4.69) is 62.9 Å². The average Bonchev–Trinajstić information content (AvgIpc) is 3.30. The van der Waals surface area contributed by atoms with Crippen LogP contribution in [-0.4, -0.2) is 19.6 Å². The van der Waals surface area contributed by atoms with E-state index in [0.717, 1.165) is 28.6 Å². The normalized spacial score (nSPS) is 18.3. The lowest BCUT2D eigenvalue weighted by Crippen LogP contribution is -2.29. The second kappa shape index (κ2) is 7.96. The summed E-state index contributed by atoms with van der Waals surface area (Å²) in [5.41, 5.74) is 5.52. The number of nitrogens with one attached hydrogen (secondary N) is 1. The van der Waals surface area contributed by atoms with Gasteiger partial charge in [-0.1, -0.05) is 30.3 Å². The molecule has 5 nitrogen and oxygen atoms in total. The van der Waals surface area contributed by atoms with Crippen molar-refractivity contribution in [1.82, 2.24) is 19.9 Å². The molecule has 1 aromatic carbocycles. The molecule has 0 radical (unpaired) electrons. The number of benzene rings is 1. The minimum atomic E-state index is -0.0633. The molecular weight excluding hydrogens is 402 g/mol. The molecule has 4 aromatic rings. The molecule has 1 aliphatic rings. The molecule has 0 spiro atoms. The molecular formula is C25H23N5S. The van der Waals surface area contributed by atoms with Crippen molar-refractivity contribution in [1.29, 1.82) is 0 Å². The van der Waals surface area contributed by atoms with Crippen molar-refractivity contribution in [2.75, 3.05) is 4.90 Å². The lowest BCUT2D eigenvalue weighted by Gasteiger charge is -2.28. The van der Waals surface area contributed by atoms with Gasteiger partial charge in [-0.2, -0.15) is 0 Å². The molecule has 1 aliphatic heterocycles. The van der Waals surface area contributed by atoms with Crippen molar-refractivity contribution < 1.29 is 0 Å². The van der Waals surface area contributed by atoms with Crippen molar-refractivity contribution in [3.8, 4) is 5.82 Å². The summed E-state index contributed by atoms with van der Waals surface area (Å²) in [5.74, 6) is 0.915. The minimum Gasteiger partial charge on any atom is -0.351 e. The van der Waals surface area contributed by atoms with Gasteiger partial charge in [-0.3, -0.25) is 4.98 Å². The van der Waals surface area contributed by atoms with Gasteiger partial charge < -0.3 is 14.8 Å². The van der Waals surface area contributed by atoms with Crippen LogP contribution in [-0.2, 0) is 0 Å². The summed E-state index contributed by atoms with van der Waals surface area (Å²) >= 11 is 5.82. The highest BCUT2D eigenvalue weighted by molar-refractivity contribution is 7.80. The molecule has 0 unspecified atom stereocenters. The number of nitrogens with zero attached hydrogens (tertiary/aromatic N) is 4. The van der Waals surface area contributed by atoms with Gasteiger partial charge in [0.2, 0.25) is 0 Å². The van der Waals surface area contributed by atoms with Gasteiger partial charge in [-0.25, -0.2) is 4.98 Å². The first-order valence-corrected chi connectivity index (χ1v) is 10.7. The highest BCUT2D eigenvalue weighted by atomic mass is 32.1.